The van der Waals surface area contributed by atoms with Crippen molar-refractivity contribution in [1.29, 1.82) is 0 Å². The Hall–Kier alpha value is -0.710. The highest BCUT2D eigenvalue weighted by Gasteiger charge is 2.09. The van der Waals surface area contributed by atoms with Gasteiger partial charge in [0.2, 0.25) is 0 Å². The minimum absolute atomic E-state index is 0.667. The second-order valence-electron chi connectivity index (χ2n) is 2.78. The van der Waals surface area contributed by atoms with Gasteiger partial charge in [-0.25, -0.2) is 0 Å². The Morgan fingerprint density at radius 2 is 2.31 bits per heavy atom. The molecule has 68 valence electrons. The maximum Gasteiger partial charge on any atom is 0.130 e. The summed E-state index contributed by atoms with van der Waals surface area (Å²) in [7, 11) is 1.66. The third kappa shape index (κ3) is 1.80. The van der Waals surface area contributed by atoms with Crippen molar-refractivity contribution in [3.05, 3.63) is 27.3 Å². The van der Waals surface area contributed by atoms with E-state index in [1.54, 1.807) is 7.11 Å². The molecule has 2 rings (SSSR count). The van der Waals surface area contributed by atoms with Crippen LogP contribution in [-0.4, -0.2) is 13.7 Å². The second kappa shape index (κ2) is 3.57. The Morgan fingerprint density at radius 3 is 3.08 bits per heavy atom. The van der Waals surface area contributed by atoms with Crippen LogP contribution in [0.4, 0.5) is 0 Å². The van der Waals surface area contributed by atoms with Crippen LogP contribution in [0, 0.1) is 0 Å². The molecule has 13 heavy (non-hydrogen) atoms. The monoisotopic (exact) mass is 288 g/mol. The number of halogens is 1. The van der Waals surface area contributed by atoms with Gasteiger partial charge >= 0.3 is 0 Å². The molecule has 0 spiro atoms. The molecule has 0 atom stereocenters. The molecule has 0 radical (unpaired) electrons. The maximum atomic E-state index is 5.52. The van der Waals surface area contributed by atoms with Gasteiger partial charge in [0.25, 0.3) is 0 Å². The lowest BCUT2D eigenvalue weighted by Gasteiger charge is -2.15. The number of ether oxygens (including phenoxy) is 2. The third-order valence-corrected chi connectivity index (χ3v) is 2.52. The van der Waals surface area contributed by atoms with Crippen LogP contribution in [0.1, 0.15) is 5.56 Å². The number of methoxy groups -OCH3 is 1. The fraction of sp³-hybridized carbons (Fsp3) is 0.200. The van der Waals surface area contributed by atoms with E-state index in [4.69, 9.17) is 9.47 Å². The molecule has 1 aromatic rings. The molecule has 1 aliphatic rings. The van der Waals surface area contributed by atoms with Crippen LogP contribution >= 0.6 is 22.6 Å². The number of benzene rings is 1. The molecule has 3 heteroatoms. The van der Waals surface area contributed by atoms with Gasteiger partial charge in [0.15, 0.2) is 0 Å². The normalized spacial score (nSPS) is 14.2. The first-order valence-electron chi connectivity index (χ1n) is 3.96. The molecule has 2 nitrogen and oxygen atoms in total. The SMILES string of the molecule is COc1ccc2c(c1)OCC(I)=C2. The lowest BCUT2D eigenvalue weighted by Crippen LogP contribution is -2.03. The van der Waals surface area contributed by atoms with Crippen LogP contribution in [0.25, 0.3) is 6.08 Å². The van der Waals surface area contributed by atoms with Gasteiger partial charge in [-0.3, -0.25) is 0 Å². The molecule has 1 heterocycles. The number of hydrogen-bond acceptors (Lipinski definition) is 2. The topological polar surface area (TPSA) is 18.5 Å². The highest BCUT2D eigenvalue weighted by atomic mass is 127. The van der Waals surface area contributed by atoms with Gasteiger partial charge in [0, 0.05) is 15.2 Å². The van der Waals surface area contributed by atoms with E-state index in [1.807, 2.05) is 18.2 Å². The van der Waals surface area contributed by atoms with E-state index in [9.17, 15) is 0 Å². The Balaban J connectivity index is 2.43. The number of rotatable bonds is 1. The summed E-state index contributed by atoms with van der Waals surface area (Å²) in [6.45, 7) is 0.667. The zero-order valence-corrected chi connectivity index (χ0v) is 9.37. The first kappa shape index (κ1) is 8.87. The van der Waals surface area contributed by atoms with Gasteiger partial charge in [0.05, 0.1) is 7.11 Å². The van der Waals surface area contributed by atoms with E-state index in [2.05, 4.69) is 28.7 Å². The number of hydrogen-bond donors (Lipinski definition) is 0. The van der Waals surface area contributed by atoms with E-state index in [0.717, 1.165) is 17.1 Å². The standard InChI is InChI=1S/C10H9IO2/c1-12-9-3-2-7-4-8(11)6-13-10(7)5-9/h2-5H,6H2,1H3. The lowest BCUT2D eigenvalue weighted by molar-refractivity contribution is 0.351. The molecular weight excluding hydrogens is 279 g/mol. The molecule has 0 saturated carbocycles. The molecule has 0 saturated heterocycles. The van der Waals surface area contributed by atoms with Crippen molar-refractivity contribution in [2.24, 2.45) is 0 Å². The Labute approximate surface area is 90.7 Å². The molecule has 1 aromatic carbocycles. The third-order valence-electron chi connectivity index (χ3n) is 1.90. The number of fused-ring (bicyclic) bond motifs is 1. The molecule has 0 fully saturated rings. The largest absolute Gasteiger partial charge is 0.497 e. The molecule has 0 bridgehead atoms. The van der Waals surface area contributed by atoms with Gasteiger partial charge in [-0.1, -0.05) is 0 Å². The Morgan fingerprint density at radius 1 is 1.46 bits per heavy atom. The average molecular weight is 288 g/mol. The molecule has 1 aliphatic heterocycles. The zero-order chi connectivity index (χ0) is 9.26. The van der Waals surface area contributed by atoms with E-state index in [0.29, 0.717) is 6.61 Å². The summed E-state index contributed by atoms with van der Waals surface area (Å²) in [5, 5.41) is 0. The average Bonchev–Trinajstić information content (AvgIpc) is 2.17. The van der Waals surface area contributed by atoms with Crippen LogP contribution in [0.3, 0.4) is 0 Å². The molecule has 0 aliphatic carbocycles. The summed E-state index contributed by atoms with van der Waals surface area (Å²) in [4.78, 5) is 0. The molecule has 0 N–H and O–H groups in total. The molecule has 0 aromatic heterocycles. The van der Waals surface area contributed by atoms with Gasteiger partial charge in [0.1, 0.15) is 18.1 Å². The van der Waals surface area contributed by atoms with E-state index in [1.165, 1.54) is 3.58 Å². The fourth-order valence-electron chi connectivity index (χ4n) is 1.24. The zero-order valence-electron chi connectivity index (χ0n) is 7.21. The second-order valence-corrected chi connectivity index (χ2v) is 4.17. The maximum absolute atomic E-state index is 5.52. The summed E-state index contributed by atoms with van der Waals surface area (Å²) >= 11 is 2.28. The quantitative estimate of drug-likeness (QED) is 0.740. The Kier molecular flexibility index (Phi) is 2.44. The van der Waals surface area contributed by atoms with Crippen LogP contribution in [0.2, 0.25) is 0 Å². The van der Waals surface area contributed by atoms with E-state index in [-0.39, 0.29) is 0 Å². The predicted molar refractivity (Wildman–Crippen MR) is 60.5 cm³/mol. The summed E-state index contributed by atoms with van der Waals surface area (Å²) in [5.41, 5.74) is 1.12. The summed E-state index contributed by atoms with van der Waals surface area (Å²) < 4.78 is 11.8. The van der Waals surface area contributed by atoms with Crippen molar-refractivity contribution in [1.82, 2.24) is 0 Å². The van der Waals surface area contributed by atoms with Crippen molar-refractivity contribution >= 4 is 28.7 Å². The van der Waals surface area contributed by atoms with Crippen molar-refractivity contribution in [3.63, 3.8) is 0 Å². The molecule has 0 unspecified atom stereocenters. The van der Waals surface area contributed by atoms with Crippen molar-refractivity contribution in [2.75, 3.05) is 13.7 Å². The Bertz CT molecular complexity index is 358. The highest BCUT2D eigenvalue weighted by Crippen LogP contribution is 2.31. The van der Waals surface area contributed by atoms with Crippen LogP contribution < -0.4 is 9.47 Å². The fourth-order valence-corrected chi connectivity index (χ4v) is 1.73. The van der Waals surface area contributed by atoms with Crippen molar-refractivity contribution < 1.29 is 9.47 Å². The first-order valence-corrected chi connectivity index (χ1v) is 5.04. The van der Waals surface area contributed by atoms with Crippen LogP contribution in [0.15, 0.2) is 21.8 Å². The van der Waals surface area contributed by atoms with E-state index < -0.39 is 0 Å². The van der Waals surface area contributed by atoms with Crippen molar-refractivity contribution in [2.45, 2.75) is 0 Å². The van der Waals surface area contributed by atoms with Crippen molar-refractivity contribution in [3.8, 4) is 11.5 Å². The smallest absolute Gasteiger partial charge is 0.130 e. The van der Waals surface area contributed by atoms with Crippen LogP contribution in [-0.2, 0) is 0 Å². The summed E-state index contributed by atoms with van der Waals surface area (Å²) in [6, 6.07) is 5.86. The predicted octanol–water partition coefficient (Wildman–Crippen LogP) is 2.86. The minimum atomic E-state index is 0.667. The van der Waals surface area contributed by atoms with E-state index >= 15 is 0 Å². The van der Waals surface area contributed by atoms with Gasteiger partial charge < -0.3 is 9.47 Å². The first-order chi connectivity index (χ1) is 6.29. The van der Waals surface area contributed by atoms with Crippen LogP contribution in [0.5, 0.6) is 11.5 Å². The van der Waals surface area contributed by atoms with Gasteiger partial charge in [-0.05, 0) is 40.8 Å². The van der Waals surface area contributed by atoms with Gasteiger partial charge in [-0.15, -0.1) is 0 Å². The highest BCUT2D eigenvalue weighted by molar-refractivity contribution is 14.1. The summed E-state index contributed by atoms with van der Waals surface area (Å²) in [5.74, 6) is 1.74. The lowest BCUT2D eigenvalue weighted by atomic mass is 10.1. The summed E-state index contributed by atoms with van der Waals surface area (Å²) in [6.07, 6.45) is 2.12. The van der Waals surface area contributed by atoms with Gasteiger partial charge in [-0.2, -0.15) is 0 Å². The minimum Gasteiger partial charge on any atom is -0.497 e. The molecule has 0 amide bonds. The molecular formula is C10H9IO2.